The Hall–Kier alpha value is 0.570. The van der Waals surface area contributed by atoms with Crippen LogP contribution in [0.25, 0.3) is 0 Å². The first-order valence-electron chi connectivity index (χ1n) is 1.11. The van der Waals surface area contributed by atoms with Gasteiger partial charge in [-0.05, 0) is 0 Å². The van der Waals surface area contributed by atoms with E-state index in [4.69, 9.17) is 22.6 Å². The molecule has 55 valence electrons. The van der Waals surface area contributed by atoms with Crippen LogP contribution in [0.15, 0.2) is 0 Å². The summed E-state index contributed by atoms with van der Waals surface area (Å²) in [6, 6.07) is 0. The Morgan fingerprint density at radius 2 is 1.25 bits per heavy atom. The normalized spacial score (nSPS) is 8.00. The maximum absolute atomic E-state index is 8.52. The third-order valence-electron chi connectivity index (χ3n) is 0. The zero-order valence-electron chi connectivity index (χ0n) is 3.79. The molecule has 0 aromatic carbocycles. The Labute approximate surface area is 62.8 Å². The van der Waals surface area contributed by atoms with Gasteiger partial charge in [0.1, 0.15) is 0 Å². The van der Waals surface area contributed by atoms with E-state index in [9.17, 15) is 0 Å². The van der Waals surface area contributed by atoms with Crippen molar-refractivity contribution in [3.63, 3.8) is 0 Å². The van der Waals surface area contributed by atoms with E-state index < -0.39 is 10.4 Å². The van der Waals surface area contributed by atoms with Crippen molar-refractivity contribution in [2.24, 2.45) is 0 Å². The molecule has 1 N–H and O–H groups in total. The first kappa shape index (κ1) is 15.8. The van der Waals surface area contributed by atoms with Gasteiger partial charge in [-0.1, -0.05) is 0 Å². The van der Waals surface area contributed by atoms with Gasteiger partial charge in [0.05, 0.1) is 0 Å². The molecular formula is CH4AgO5S. The van der Waals surface area contributed by atoms with E-state index >= 15 is 0 Å². The van der Waals surface area contributed by atoms with Crippen molar-refractivity contribution >= 4 is 10.4 Å². The predicted molar refractivity (Wildman–Crippen MR) is 18.6 cm³/mol. The van der Waals surface area contributed by atoms with E-state index in [-0.39, 0.29) is 22.4 Å². The summed E-state index contributed by atoms with van der Waals surface area (Å²) in [6.45, 7) is 0. The topological polar surface area (TPSA) is 100 Å². The Kier molecular flexibility index (Phi) is 15.0. The van der Waals surface area contributed by atoms with E-state index in [1.807, 2.05) is 0 Å². The van der Waals surface area contributed by atoms with Crippen molar-refractivity contribution in [3.8, 4) is 0 Å². The van der Waals surface area contributed by atoms with E-state index in [0.717, 1.165) is 7.11 Å². The third-order valence-corrected chi connectivity index (χ3v) is 0. The summed E-state index contributed by atoms with van der Waals surface area (Å²) in [5.74, 6) is 0. The summed E-state index contributed by atoms with van der Waals surface area (Å²) in [4.78, 5) is 0. The average Bonchev–Trinajstić information content (AvgIpc) is 1.36. The quantitative estimate of drug-likeness (QED) is 0.306. The average molecular weight is 236 g/mol. The van der Waals surface area contributed by atoms with Gasteiger partial charge < -0.3 is 14.2 Å². The molecule has 8 heavy (non-hydrogen) atoms. The van der Waals surface area contributed by atoms with E-state index in [2.05, 4.69) is 0 Å². The molecule has 0 aliphatic rings. The summed E-state index contributed by atoms with van der Waals surface area (Å²) in [5.41, 5.74) is 0. The fourth-order valence-corrected chi connectivity index (χ4v) is 0. The maximum Gasteiger partial charge on any atom is 2.00 e. The van der Waals surface area contributed by atoms with Gasteiger partial charge >= 0.3 is 22.4 Å². The van der Waals surface area contributed by atoms with Gasteiger partial charge in [-0.2, -0.15) is 0 Å². The van der Waals surface area contributed by atoms with Crippen molar-refractivity contribution in [3.05, 3.63) is 0 Å². The van der Waals surface area contributed by atoms with Gasteiger partial charge in [0.2, 0.25) is 0 Å². The minimum atomic E-state index is -5.17. The summed E-state index contributed by atoms with van der Waals surface area (Å²) in [6.07, 6.45) is 0. The van der Waals surface area contributed by atoms with Crippen LogP contribution in [-0.4, -0.2) is 29.7 Å². The Morgan fingerprint density at radius 1 is 1.25 bits per heavy atom. The van der Waals surface area contributed by atoms with Crippen LogP contribution >= 0.6 is 0 Å². The fraction of sp³-hybridized carbons (Fsp3) is 1.00. The Morgan fingerprint density at radius 3 is 1.25 bits per heavy atom. The Bertz CT molecular complexity index is 95.6. The monoisotopic (exact) mass is 235 g/mol. The van der Waals surface area contributed by atoms with Crippen molar-refractivity contribution in [1.82, 2.24) is 0 Å². The Balaban J connectivity index is -0.0000000750. The van der Waals surface area contributed by atoms with Crippen LogP contribution in [-0.2, 0) is 32.8 Å². The van der Waals surface area contributed by atoms with Crippen molar-refractivity contribution in [2.45, 2.75) is 0 Å². The molecule has 0 rings (SSSR count). The van der Waals surface area contributed by atoms with Crippen LogP contribution < -0.4 is 0 Å². The second-order valence-electron chi connectivity index (χ2n) is 0.408. The molecule has 0 atom stereocenters. The molecule has 0 amide bonds. The van der Waals surface area contributed by atoms with Crippen LogP contribution in [0.2, 0.25) is 0 Å². The summed E-state index contributed by atoms with van der Waals surface area (Å²) >= 11 is 0. The standard InChI is InChI=1S/CH4O.Ag.H2O4S/c1-2;;1-5(2,3)4/h2H,1H3;;(H2,1,2,3,4)/q;+2;/p-2. The van der Waals surface area contributed by atoms with E-state index in [1.165, 1.54) is 0 Å². The second kappa shape index (κ2) is 7.57. The summed E-state index contributed by atoms with van der Waals surface area (Å²) < 4.78 is 34.1. The number of aliphatic hydroxyl groups is 1. The molecular weight excluding hydrogens is 232 g/mol. The van der Waals surface area contributed by atoms with Gasteiger partial charge in [-0.15, -0.1) is 0 Å². The summed E-state index contributed by atoms with van der Waals surface area (Å²) in [7, 11) is -4.17. The molecule has 0 saturated heterocycles. The molecule has 0 aromatic rings. The number of hydrogen-bond acceptors (Lipinski definition) is 5. The first-order chi connectivity index (χ1) is 3.00. The minimum Gasteiger partial charge on any atom is -0.759 e. The second-order valence-corrected chi connectivity index (χ2v) is 1.22. The predicted octanol–water partition coefficient (Wildman–Crippen LogP) is -1.73. The molecule has 0 aliphatic carbocycles. The maximum atomic E-state index is 8.52. The van der Waals surface area contributed by atoms with Gasteiger partial charge in [0.25, 0.3) is 0 Å². The molecule has 0 heterocycles. The molecule has 0 aromatic heterocycles. The van der Waals surface area contributed by atoms with Gasteiger partial charge in [0.15, 0.2) is 0 Å². The van der Waals surface area contributed by atoms with Gasteiger partial charge in [-0.25, -0.2) is 0 Å². The smallest absolute Gasteiger partial charge is 0.759 e. The zero-order chi connectivity index (χ0) is 6.50. The van der Waals surface area contributed by atoms with E-state index in [0.29, 0.717) is 0 Å². The third kappa shape index (κ3) is 627. The van der Waals surface area contributed by atoms with Crippen LogP contribution in [0.3, 0.4) is 0 Å². The van der Waals surface area contributed by atoms with Crippen molar-refractivity contribution in [2.75, 3.05) is 7.11 Å². The molecule has 0 bridgehead atoms. The molecule has 0 saturated carbocycles. The number of hydrogen-bond donors (Lipinski definition) is 1. The zero-order valence-corrected chi connectivity index (χ0v) is 6.09. The SMILES string of the molecule is CO.O=S(=O)([O-])[O-].[Ag+2]. The number of rotatable bonds is 0. The van der Waals surface area contributed by atoms with Crippen LogP contribution in [0.5, 0.6) is 0 Å². The fourth-order valence-electron chi connectivity index (χ4n) is 0. The van der Waals surface area contributed by atoms with Crippen molar-refractivity contribution in [1.29, 1.82) is 0 Å². The minimum absolute atomic E-state index is 0. The molecule has 0 fully saturated rings. The summed E-state index contributed by atoms with van der Waals surface area (Å²) in [5, 5.41) is 7.00. The largest absolute Gasteiger partial charge is 2.00 e. The van der Waals surface area contributed by atoms with Crippen LogP contribution in [0, 0.1) is 0 Å². The number of aliphatic hydroxyl groups excluding tert-OH is 1. The molecule has 0 unspecified atom stereocenters. The first-order valence-corrected chi connectivity index (χ1v) is 2.45. The molecule has 5 nitrogen and oxygen atoms in total. The molecule has 0 aliphatic heterocycles. The van der Waals surface area contributed by atoms with Gasteiger partial charge in [0, 0.05) is 17.5 Å². The molecule has 0 spiro atoms. The van der Waals surface area contributed by atoms with Crippen LogP contribution in [0.4, 0.5) is 0 Å². The van der Waals surface area contributed by atoms with Gasteiger partial charge in [-0.3, -0.25) is 8.42 Å². The van der Waals surface area contributed by atoms with E-state index in [1.54, 1.807) is 0 Å². The van der Waals surface area contributed by atoms with Crippen LogP contribution in [0.1, 0.15) is 0 Å². The van der Waals surface area contributed by atoms with Crippen molar-refractivity contribution < 1.29 is 45.0 Å². The molecule has 1 radical (unpaired) electrons. The molecule has 7 heteroatoms.